The van der Waals surface area contributed by atoms with Crippen LogP contribution in [-0.4, -0.2) is 27.4 Å². The molecule has 3 N–H and O–H groups in total. The van der Waals surface area contributed by atoms with Crippen LogP contribution in [0.1, 0.15) is 93.4 Å². The predicted molar refractivity (Wildman–Crippen MR) is 156 cm³/mol. The number of hydrogen-bond acceptors (Lipinski definition) is 3. The van der Waals surface area contributed by atoms with Gasteiger partial charge in [-0.25, -0.2) is 4.79 Å². The molecule has 204 valence electrons. The van der Waals surface area contributed by atoms with Crippen LogP contribution in [0.4, 0.5) is 0 Å². The first kappa shape index (κ1) is 29.6. The number of aliphatic carboxylic acids is 1. The number of carboxylic acid groups (broad SMARTS) is 1. The molecule has 0 aliphatic carbocycles. The Kier molecular flexibility index (Phi) is 9.22. The summed E-state index contributed by atoms with van der Waals surface area (Å²) in [5.74, 6) is -1.25. The van der Waals surface area contributed by atoms with E-state index in [1.807, 2.05) is 6.07 Å². The second-order valence-electron chi connectivity index (χ2n) is 11.7. The molecule has 0 spiro atoms. The lowest BCUT2D eigenvalue weighted by Gasteiger charge is -2.34. The van der Waals surface area contributed by atoms with E-state index in [0.29, 0.717) is 5.56 Å². The van der Waals surface area contributed by atoms with E-state index in [1.165, 1.54) is 22.3 Å². The van der Waals surface area contributed by atoms with E-state index < -0.39 is 12.1 Å². The molecule has 0 saturated heterocycles. The van der Waals surface area contributed by atoms with Crippen molar-refractivity contribution in [3.63, 3.8) is 0 Å². The third-order valence-corrected chi connectivity index (χ3v) is 8.32. The zero-order chi connectivity index (χ0) is 28.3. The Morgan fingerprint density at radius 1 is 0.842 bits per heavy atom. The summed E-state index contributed by atoms with van der Waals surface area (Å²) in [4.78, 5) is 11.3. The summed E-state index contributed by atoms with van der Waals surface area (Å²) in [6.07, 6.45) is 1.67. The molecule has 3 aromatic rings. The van der Waals surface area contributed by atoms with Crippen LogP contribution in [-0.2, 0) is 16.6 Å². The molecule has 0 saturated carbocycles. The highest BCUT2D eigenvalue weighted by Gasteiger charge is 2.31. The van der Waals surface area contributed by atoms with Crippen molar-refractivity contribution in [2.75, 3.05) is 0 Å². The van der Waals surface area contributed by atoms with Crippen molar-refractivity contribution in [3.8, 4) is 11.1 Å². The van der Waals surface area contributed by atoms with Crippen LogP contribution in [0.15, 0.2) is 60.7 Å². The molecule has 0 aliphatic rings. The van der Waals surface area contributed by atoms with Gasteiger partial charge in [-0.1, -0.05) is 89.2 Å². The molecule has 0 heterocycles. The molecule has 38 heavy (non-hydrogen) atoms. The van der Waals surface area contributed by atoms with Gasteiger partial charge in [-0.2, -0.15) is 0 Å². The van der Waals surface area contributed by atoms with Crippen molar-refractivity contribution in [3.05, 3.63) is 94.0 Å². The molecule has 1 unspecified atom stereocenters. The van der Waals surface area contributed by atoms with Gasteiger partial charge in [0.05, 0.1) is 6.10 Å². The zero-order valence-corrected chi connectivity index (χ0v) is 24.0. The van der Waals surface area contributed by atoms with Gasteiger partial charge in [-0.3, -0.25) is 0 Å². The third kappa shape index (κ3) is 6.19. The van der Waals surface area contributed by atoms with E-state index in [9.17, 15) is 20.1 Å². The van der Waals surface area contributed by atoms with Gasteiger partial charge >= 0.3 is 5.97 Å². The maximum absolute atomic E-state index is 11.3. The van der Waals surface area contributed by atoms with Crippen molar-refractivity contribution < 1.29 is 20.1 Å². The second-order valence-corrected chi connectivity index (χ2v) is 11.7. The summed E-state index contributed by atoms with van der Waals surface area (Å²) >= 11 is 0. The maximum Gasteiger partial charge on any atom is 0.337 e. The number of carbonyl (C=O) groups is 1. The number of aryl methyl sites for hydroxylation is 3. The standard InChI is InChI=1S/C34H44O4/c1-8-34(9-2,27-15-13-24(22(3)19-27)14-18-30(35)33(5,6)7)28-16-17-29(23(4)20-28)25-11-10-12-26(21-25)31(36)32(37)38/h10-13,15-17,19-21,30-31,35-36H,8-9,14,18H2,1-7H3,(H,37,38)/t30?,31-/m1/s1. The minimum Gasteiger partial charge on any atom is -0.479 e. The van der Waals surface area contributed by atoms with Gasteiger partial charge in [0.1, 0.15) is 0 Å². The zero-order valence-electron chi connectivity index (χ0n) is 24.0. The van der Waals surface area contributed by atoms with Gasteiger partial charge in [-0.15, -0.1) is 0 Å². The Morgan fingerprint density at radius 3 is 1.97 bits per heavy atom. The second kappa shape index (κ2) is 11.8. The van der Waals surface area contributed by atoms with Gasteiger partial charge in [0.15, 0.2) is 6.10 Å². The first-order chi connectivity index (χ1) is 17.8. The quantitative estimate of drug-likeness (QED) is 0.260. The molecule has 2 atom stereocenters. The Morgan fingerprint density at radius 2 is 1.45 bits per heavy atom. The number of benzene rings is 3. The fourth-order valence-corrected chi connectivity index (χ4v) is 5.54. The van der Waals surface area contributed by atoms with Gasteiger partial charge in [0, 0.05) is 5.41 Å². The highest BCUT2D eigenvalue weighted by molar-refractivity contribution is 5.76. The van der Waals surface area contributed by atoms with Crippen LogP contribution >= 0.6 is 0 Å². The Bertz CT molecular complexity index is 1260. The lowest BCUT2D eigenvalue weighted by atomic mass is 9.69. The van der Waals surface area contributed by atoms with Crippen LogP contribution in [0.3, 0.4) is 0 Å². The molecule has 3 aromatic carbocycles. The van der Waals surface area contributed by atoms with E-state index >= 15 is 0 Å². The van der Waals surface area contributed by atoms with Gasteiger partial charge in [0.2, 0.25) is 0 Å². The van der Waals surface area contributed by atoms with Crippen molar-refractivity contribution in [2.45, 2.75) is 91.8 Å². The summed E-state index contributed by atoms with van der Waals surface area (Å²) in [5.41, 5.74) is 8.28. The molecule has 4 nitrogen and oxygen atoms in total. The van der Waals surface area contributed by atoms with Crippen LogP contribution in [0.2, 0.25) is 0 Å². The van der Waals surface area contributed by atoms with Crippen LogP contribution in [0.5, 0.6) is 0 Å². The molecule has 0 aliphatic heterocycles. The van der Waals surface area contributed by atoms with Gasteiger partial charge in [0.25, 0.3) is 0 Å². The number of rotatable bonds is 10. The SMILES string of the molecule is CCC(CC)(c1ccc(CCC(O)C(C)(C)C)c(C)c1)c1ccc(-c2cccc([C@@H](O)C(=O)O)c2)c(C)c1. The number of hydrogen-bond donors (Lipinski definition) is 3. The molecule has 0 radical (unpaired) electrons. The Hall–Kier alpha value is -2.95. The normalized spacial score (nSPS) is 13.8. The highest BCUT2D eigenvalue weighted by Crippen LogP contribution is 2.41. The predicted octanol–water partition coefficient (Wildman–Crippen LogP) is 7.53. The van der Waals surface area contributed by atoms with E-state index in [4.69, 9.17) is 0 Å². The van der Waals surface area contributed by atoms with Crippen LogP contribution in [0, 0.1) is 19.3 Å². The summed E-state index contributed by atoms with van der Waals surface area (Å²) in [7, 11) is 0. The third-order valence-electron chi connectivity index (χ3n) is 8.32. The van der Waals surface area contributed by atoms with Crippen molar-refractivity contribution >= 4 is 5.97 Å². The van der Waals surface area contributed by atoms with Crippen molar-refractivity contribution in [1.82, 2.24) is 0 Å². The maximum atomic E-state index is 11.3. The smallest absolute Gasteiger partial charge is 0.337 e. The summed E-state index contributed by atoms with van der Waals surface area (Å²) < 4.78 is 0. The van der Waals surface area contributed by atoms with Gasteiger partial charge in [-0.05, 0) is 95.5 Å². The molecular weight excluding hydrogens is 472 g/mol. The van der Waals surface area contributed by atoms with Crippen molar-refractivity contribution in [2.24, 2.45) is 5.41 Å². The van der Waals surface area contributed by atoms with Crippen LogP contribution < -0.4 is 0 Å². The number of carboxylic acids is 1. The minimum atomic E-state index is -1.54. The molecule has 0 bridgehead atoms. The summed E-state index contributed by atoms with van der Waals surface area (Å²) in [5, 5.41) is 29.7. The Labute approximate surface area is 228 Å². The fourth-order valence-electron chi connectivity index (χ4n) is 5.54. The fraction of sp³-hybridized carbons (Fsp3) is 0.441. The van der Waals surface area contributed by atoms with Crippen LogP contribution in [0.25, 0.3) is 11.1 Å². The topological polar surface area (TPSA) is 77.8 Å². The Balaban J connectivity index is 1.95. The first-order valence-electron chi connectivity index (χ1n) is 13.7. The molecule has 0 aromatic heterocycles. The lowest BCUT2D eigenvalue weighted by Crippen LogP contribution is -2.27. The molecule has 0 amide bonds. The first-order valence-corrected chi connectivity index (χ1v) is 13.7. The number of aliphatic hydroxyl groups is 2. The molecule has 3 rings (SSSR count). The average Bonchev–Trinajstić information content (AvgIpc) is 2.88. The highest BCUT2D eigenvalue weighted by atomic mass is 16.4. The summed E-state index contributed by atoms with van der Waals surface area (Å²) in [6, 6.07) is 20.5. The van der Waals surface area contributed by atoms with Crippen molar-refractivity contribution in [1.29, 1.82) is 0 Å². The van der Waals surface area contributed by atoms with E-state index in [1.54, 1.807) is 18.2 Å². The molecular formula is C34H44O4. The summed E-state index contributed by atoms with van der Waals surface area (Å²) in [6.45, 7) is 15.0. The number of aliphatic hydroxyl groups excluding tert-OH is 2. The lowest BCUT2D eigenvalue weighted by molar-refractivity contribution is -0.146. The molecule has 4 heteroatoms. The van der Waals surface area contributed by atoms with E-state index in [0.717, 1.165) is 42.4 Å². The van der Waals surface area contributed by atoms with E-state index in [-0.39, 0.29) is 16.9 Å². The molecule has 0 fully saturated rings. The van der Waals surface area contributed by atoms with Gasteiger partial charge < -0.3 is 15.3 Å². The monoisotopic (exact) mass is 516 g/mol. The average molecular weight is 517 g/mol. The van der Waals surface area contributed by atoms with E-state index in [2.05, 4.69) is 84.9 Å². The minimum absolute atomic E-state index is 0.116. The largest absolute Gasteiger partial charge is 0.479 e.